The van der Waals surface area contributed by atoms with Crippen LogP contribution in [0.1, 0.15) is 207 Å². The molecule has 0 aliphatic heterocycles. The quantitative estimate of drug-likeness (QED) is 0.0428. The molecule has 7 heteroatoms. The molecule has 270 valence electrons. The Morgan fingerprint density at radius 1 is 0.378 bits per heavy atom. The van der Waals surface area contributed by atoms with Crippen molar-refractivity contribution < 1.29 is 51.7 Å². The summed E-state index contributed by atoms with van der Waals surface area (Å²) in [5.74, 6) is 0.424. The molecular formula is C38H78O6Ti. The van der Waals surface area contributed by atoms with Crippen LogP contribution in [-0.4, -0.2) is 45.6 Å². The minimum absolute atomic E-state index is 0. The Labute approximate surface area is 295 Å². The zero-order valence-electron chi connectivity index (χ0n) is 30.5. The monoisotopic (exact) mass is 679 g/mol. The van der Waals surface area contributed by atoms with E-state index < -0.39 is 11.9 Å². The molecule has 0 aliphatic carbocycles. The molecule has 0 heterocycles. The molecule has 0 spiro atoms. The van der Waals surface area contributed by atoms with Crippen LogP contribution in [0.2, 0.25) is 0 Å². The molecule has 0 aromatic carbocycles. The van der Waals surface area contributed by atoms with E-state index >= 15 is 0 Å². The van der Waals surface area contributed by atoms with Gasteiger partial charge in [0.1, 0.15) is 0 Å². The number of aliphatic hydroxyl groups is 2. The summed E-state index contributed by atoms with van der Waals surface area (Å²) in [5, 5.41) is 32.3. The average molecular weight is 679 g/mol. The standard InChI is InChI=1S/2C18H36O2.C2H6O2.Ti/c2*1-17(2)15-13-11-9-7-5-3-4-6-8-10-12-14-16-18(19)20;3-1-2-4;/h2*17H,3-16H2,1-2H3,(H,19,20);3-4H,1-2H2;. The van der Waals surface area contributed by atoms with E-state index in [0.717, 1.165) is 37.5 Å². The van der Waals surface area contributed by atoms with Crippen LogP contribution in [0.3, 0.4) is 0 Å². The number of hydrogen-bond donors (Lipinski definition) is 4. The summed E-state index contributed by atoms with van der Waals surface area (Å²) >= 11 is 0. The molecule has 6 nitrogen and oxygen atoms in total. The van der Waals surface area contributed by atoms with Crippen molar-refractivity contribution in [3.63, 3.8) is 0 Å². The molecule has 0 aliphatic rings. The molecule has 0 fully saturated rings. The molecule has 0 amide bonds. The van der Waals surface area contributed by atoms with Gasteiger partial charge in [-0.2, -0.15) is 0 Å². The van der Waals surface area contributed by atoms with Gasteiger partial charge in [0, 0.05) is 34.6 Å². The second-order valence-corrected chi connectivity index (χ2v) is 13.6. The number of aliphatic hydroxyl groups excluding tert-OH is 2. The van der Waals surface area contributed by atoms with E-state index in [1.165, 1.54) is 141 Å². The largest absolute Gasteiger partial charge is 0.481 e. The first-order chi connectivity index (χ1) is 21.2. The molecule has 0 unspecified atom stereocenters. The van der Waals surface area contributed by atoms with Gasteiger partial charge in [-0.3, -0.25) is 9.59 Å². The van der Waals surface area contributed by atoms with Crippen LogP contribution >= 0.6 is 0 Å². The van der Waals surface area contributed by atoms with Crippen LogP contribution in [-0.2, 0) is 31.3 Å². The van der Waals surface area contributed by atoms with Gasteiger partial charge in [-0.15, -0.1) is 0 Å². The summed E-state index contributed by atoms with van der Waals surface area (Å²) in [6, 6.07) is 0. The zero-order valence-corrected chi connectivity index (χ0v) is 32.0. The van der Waals surface area contributed by atoms with E-state index in [4.69, 9.17) is 20.4 Å². The van der Waals surface area contributed by atoms with Gasteiger partial charge in [0.2, 0.25) is 0 Å². The van der Waals surface area contributed by atoms with E-state index in [9.17, 15) is 9.59 Å². The molecule has 0 bridgehead atoms. The number of hydrogen-bond acceptors (Lipinski definition) is 4. The van der Waals surface area contributed by atoms with Crippen LogP contribution in [0.4, 0.5) is 0 Å². The molecule has 0 saturated carbocycles. The SMILES string of the molecule is CC(C)CCCCCCCCCCCCCCC(=O)O.CC(C)CCCCCCCCCCCCCCC(=O)O.OCCO.[Ti]. The van der Waals surface area contributed by atoms with Gasteiger partial charge in [-0.25, -0.2) is 0 Å². The second-order valence-electron chi connectivity index (χ2n) is 13.6. The van der Waals surface area contributed by atoms with Gasteiger partial charge < -0.3 is 20.4 Å². The van der Waals surface area contributed by atoms with Gasteiger partial charge in [-0.1, -0.05) is 182 Å². The van der Waals surface area contributed by atoms with Gasteiger partial charge in [-0.05, 0) is 24.7 Å². The van der Waals surface area contributed by atoms with Crippen LogP contribution in [0, 0.1) is 11.8 Å². The molecule has 45 heavy (non-hydrogen) atoms. The summed E-state index contributed by atoms with van der Waals surface area (Å²) in [5.41, 5.74) is 0. The van der Waals surface area contributed by atoms with E-state index in [1.807, 2.05) is 0 Å². The number of aliphatic carboxylic acids is 2. The van der Waals surface area contributed by atoms with Crippen LogP contribution in [0.25, 0.3) is 0 Å². The summed E-state index contributed by atoms with van der Waals surface area (Å²) in [6.45, 7) is 8.98. The summed E-state index contributed by atoms with van der Waals surface area (Å²) in [7, 11) is 0. The van der Waals surface area contributed by atoms with E-state index in [2.05, 4.69) is 27.7 Å². The van der Waals surface area contributed by atoms with E-state index in [1.54, 1.807) is 0 Å². The van der Waals surface area contributed by atoms with Gasteiger partial charge >= 0.3 is 11.9 Å². The number of carboxylic acids is 2. The Morgan fingerprint density at radius 2 is 0.556 bits per heavy atom. The Kier molecular flexibility index (Phi) is 52.2. The van der Waals surface area contributed by atoms with Crippen molar-refractivity contribution in [2.45, 2.75) is 207 Å². The summed E-state index contributed by atoms with van der Waals surface area (Å²) < 4.78 is 0. The molecule has 0 rings (SSSR count). The number of unbranched alkanes of at least 4 members (excludes halogenated alkanes) is 22. The van der Waals surface area contributed by atoms with Gasteiger partial charge in [0.25, 0.3) is 0 Å². The van der Waals surface area contributed by atoms with Crippen molar-refractivity contribution in [1.82, 2.24) is 0 Å². The van der Waals surface area contributed by atoms with Gasteiger partial charge in [0.05, 0.1) is 13.2 Å². The Morgan fingerprint density at radius 3 is 0.711 bits per heavy atom. The first-order valence-corrected chi connectivity index (χ1v) is 18.8. The minimum atomic E-state index is -0.654. The second kappa shape index (κ2) is 45.7. The number of rotatable bonds is 31. The van der Waals surface area contributed by atoms with Crippen LogP contribution in [0.15, 0.2) is 0 Å². The predicted molar refractivity (Wildman–Crippen MR) is 188 cm³/mol. The third-order valence-corrected chi connectivity index (χ3v) is 7.94. The average Bonchev–Trinajstić information content (AvgIpc) is 2.97. The van der Waals surface area contributed by atoms with E-state index in [0.29, 0.717) is 12.8 Å². The summed E-state index contributed by atoms with van der Waals surface area (Å²) in [6.07, 6.45) is 34.6. The van der Waals surface area contributed by atoms with Crippen molar-refractivity contribution in [1.29, 1.82) is 0 Å². The molecule has 0 atom stereocenters. The fourth-order valence-electron chi connectivity index (χ4n) is 5.19. The zero-order chi connectivity index (χ0) is 33.5. The normalized spacial score (nSPS) is 10.6. The van der Waals surface area contributed by atoms with Crippen molar-refractivity contribution in [2.24, 2.45) is 11.8 Å². The molecule has 0 radical (unpaired) electrons. The predicted octanol–water partition coefficient (Wildman–Crippen LogP) is 11.3. The Bertz CT molecular complexity index is 508. The van der Waals surface area contributed by atoms with E-state index in [-0.39, 0.29) is 34.9 Å². The van der Waals surface area contributed by atoms with Crippen molar-refractivity contribution in [3.8, 4) is 0 Å². The maximum absolute atomic E-state index is 10.3. The third-order valence-electron chi connectivity index (χ3n) is 7.94. The molecular weight excluding hydrogens is 600 g/mol. The van der Waals surface area contributed by atoms with Crippen LogP contribution < -0.4 is 0 Å². The first-order valence-electron chi connectivity index (χ1n) is 18.8. The first kappa shape index (κ1) is 51.4. The molecule has 0 aromatic heterocycles. The Balaban J connectivity index is -0.000000327. The summed E-state index contributed by atoms with van der Waals surface area (Å²) in [4.78, 5) is 20.7. The fraction of sp³-hybridized carbons (Fsp3) is 0.947. The third kappa shape index (κ3) is 63.0. The van der Waals surface area contributed by atoms with Crippen LogP contribution in [0.5, 0.6) is 0 Å². The van der Waals surface area contributed by atoms with Crippen molar-refractivity contribution in [2.75, 3.05) is 13.2 Å². The topological polar surface area (TPSA) is 115 Å². The van der Waals surface area contributed by atoms with Crippen molar-refractivity contribution in [3.05, 3.63) is 0 Å². The molecule has 0 aromatic rings. The van der Waals surface area contributed by atoms with Gasteiger partial charge in [0.15, 0.2) is 0 Å². The smallest absolute Gasteiger partial charge is 0.303 e. The minimum Gasteiger partial charge on any atom is -0.481 e. The maximum atomic E-state index is 10.3. The number of carboxylic acid groups (broad SMARTS) is 2. The Hall–Kier alpha value is -0.426. The fourth-order valence-corrected chi connectivity index (χ4v) is 5.19. The van der Waals surface area contributed by atoms with Crippen molar-refractivity contribution >= 4 is 11.9 Å². The molecule has 0 saturated heterocycles. The maximum Gasteiger partial charge on any atom is 0.303 e. The number of carbonyl (C=O) groups is 2. The molecule has 4 N–H and O–H groups in total.